The highest BCUT2D eigenvalue weighted by Crippen LogP contribution is 2.22. The van der Waals surface area contributed by atoms with Crippen molar-refractivity contribution in [3.8, 4) is 0 Å². The van der Waals surface area contributed by atoms with Gasteiger partial charge in [0.2, 0.25) is 10.0 Å². The number of ether oxygens (including phenoxy) is 2. The number of carbonyl (C=O) groups is 3. The number of rotatable bonds is 7. The second kappa shape index (κ2) is 9.64. The van der Waals surface area contributed by atoms with Gasteiger partial charge in [-0.05, 0) is 54.9 Å². The molecule has 0 saturated heterocycles. The second-order valence-corrected chi connectivity index (χ2v) is 7.83. The average Bonchev–Trinajstić information content (AvgIpc) is 2.51. The summed E-state index contributed by atoms with van der Waals surface area (Å²) in [5.74, 6) is -1.81. The molecule has 0 spiro atoms. The fourth-order valence-electron chi connectivity index (χ4n) is 1.73. The number of nitrogens with one attached hydrogen (secondary N) is 2. The van der Waals surface area contributed by atoms with Gasteiger partial charge >= 0.3 is 12.1 Å². The first-order valence-corrected chi connectivity index (χ1v) is 9.80. The summed E-state index contributed by atoms with van der Waals surface area (Å²) in [7, 11) is -3.80. The molecular formula is C15H19BrN2O7S. The van der Waals surface area contributed by atoms with Crippen LogP contribution in [0.5, 0.6) is 0 Å². The Morgan fingerprint density at radius 3 is 2.42 bits per heavy atom. The summed E-state index contributed by atoms with van der Waals surface area (Å²) < 4.78 is 36.4. The molecule has 0 radical (unpaired) electrons. The summed E-state index contributed by atoms with van der Waals surface area (Å²) >= 11 is 3.13. The number of sulfonamides is 1. The molecule has 0 aliphatic carbocycles. The lowest BCUT2D eigenvalue weighted by molar-refractivity contribution is -0.123. The van der Waals surface area contributed by atoms with Gasteiger partial charge in [0.1, 0.15) is 0 Å². The molecule has 1 aromatic carbocycles. The quantitative estimate of drug-likeness (QED) is 0.603. The maximum Gasteiger partial charge on any atom is 0.413 e. The molecule has 0 fully saturated rings. The molecule has 2 N–H and O–H groups in total. The Kier molecular flexibility index (Phi) is 8.18. The zero-order valence-electron chi connectivity index (χ0n) is 14.4. The molecule has 0 aliphatic rings. The topological polar surface area (TPSA) is 128 Å². The van der Waals surface area contributed by atoms with Crippen molar-refractivity contribution in [1.29, 1.82) is 0 Å². The minimum atomic E-state index is -3.80. The molecule has 0 aliphatic heterocycles. The highest BCUT2D eigenvalue weighted by Gasteiger charge is 2.21. The minimum Gasteiger partial charge on any atom is -0.452 e. The molecule has 26 heavy (non-hydrogen) atoms. The number of hydrogen-bond acceptors (Lipinski definition) is 7. The maximum absolute atomic E-state index is 12.2. The van der Waals surface area contributed by atoms with Crippen molar-refractivity contribution in [2.75, 3.05) is 13.2 Å². The molecule has 9 nitrogen and oxygen atoms in total. The van der Waals surface area contributed by atoms with E-state index in [0.29, 0.717) is 0 Å². The van der Waals surface area contributed by atoms with Gasteiger partial charge in [-0.3, -0.25) is 10.1 Å². The van der Waals surface area contributed by atoms with E-state index < -0.39 is 34.6 Å². The van der Waals surface area contributed by atoms with Crippen LogP contribution in [0, 0.1) is 0 Å². The number of esters is 1. The van der Waals surface area contributed by atoms with Gasteiger partial charge in [-0.2, -0.15) is 0 Å². The fraction of sp³-hybridized carbons (Fsp3) is 0.400. The summed E-state index contributed by atoms with van der Waals surface area (Å²) in [6.45, 7) is 4.24. The molecule has 0 aromatic heterocycles. The molecule has 144 valence electrons. The lowest BCUT2D eigenvalue weighted by Crippen LogP contribution is -2.34. The van der Waals surface area contributed by atoms with Crippen molar-refractivity contribution in [3.05, 3.63) is 28.2 Å². The van der Waals surface area contributed by atoms with Crippen molar-refractivity contribution >= 4 is 43.9 Å². The standard InChI is InChI=1S/C15H19BrN2O7S/c1-4-24-15(21)17-13(19)8-25-14(20)11-7-10(5-6-12(11)16)26(22,23)18-9(2)3/h5-7,9,18H,4,8H2,1-3H3,(H,17,19,21). The highest BCUT2D eigenvalue weighted by atomic mass is 79.9. The van der Waals surface area contributed by atoms with Crippen LogP contribution in [-0.2, 0) is 24.3 Å². The molecule has 11 heteroatoms. The van der Waals surface area contributed by atoms with Crippen LogP contribution in [0.2, 0.25) is 0 Å². The largest absolute Gasteiger partial charge is 0.452 e. The van der Waals surface area contributed by atoms with Crippen LogP contribution in [0.4, 0.5) is 4.79 Å². The van der Waals surface area contributed by atoms with E-state index in [9.17, 15) is 22.8 Å². The molecule has 0 heterocycles. The molecule has 0 atom stereocenters. The van der Waals surface area contributed by atoms with E-state index in [-0.39, 0.29) is 27.6 Å². The minimum absolute atomic E-state index is 0.0809. The van der Waals surface area contributed by atoms with Crippen LogP contribution in [0.3, 0.4) is 0 Å². The molecule has 1 aromatic rings. The van der Waals surface area contributed by atoms with Gasteiger partial charge in [-0.25, -0.2) is 22.7 Å². The zero-order chi connectivity index (χ0) is 19.9. The Labute approximate surface area is 159 Å². The molecular weight excluding hydrogens is 432 g/mol. The van der Waals surface area contributed by atoms with E-state index in [1.54, 1.807) is 20.8 Å². The van der Waals surface area contributed by atoms with Gasteiger partial charge in [0, 0.05) is 10.5 Å². The predicted octanol–water partition coefficient (Wildman–Crippen LogP) is 1.57. The van der Waals surface area contributed by atoms with Crippen LogP contribution in [-0.4, -0.2) is 45.6 Å². The number of amides is 2. The van der Waals surface area contributed by atoms with Gasteiger partial charge in [0.25, 0.3) is 5.91 Å². The van der Waals surface area contributed by atoms with Crippen LogP contribution in [0.25, 0.3) is 0 Å². The third-order valence-corrected chi connectivity index (χ3v) is 5.06. The van der Waals surface area contributed by atoms with Gasteiger partial charge < -0.3 is 9.47 Å². The summed E-state index contributed by atoms with van der Waals surface area (Å²) in [5.41, 5.74) is -0.0828. The Bertz CT molecular complexity index is 793. The van der Waals surface area contributed by atoms with Crippen molar-refractivity contribution in [2.45, 2.75) is 31.7 Å². The number of hydrogen-bond donors (Lipinski definition) is 2. The number of halogens is 1. The summed E-state index contributed by atoms with van der Waals surface area (Å²) in [6, 6.07) is 3.49. The maximum atomic E-state index is 12.2. The number of carbonyl (C=O) groups excluding carboxylic acids is 3. The first-order chi connectivity index (χ1) is 12.1. The van der Waals surface area contributed by atoms with E-state index >= 15 is 0 Å². The van der Waals surface area contributed by atoms with E-state index in [1.807, 2.05) is 5.32 Å². The third-order valence-electron chi connectivity index (χ3n) is 2.71. The zero-order valence-corrected chi connectivity index (χ0v) is 16.8. The smallest absolute Gasteiger partial charge is 0.413 e. The molecule has 0 bridgehead atoms. The van der Waals surface area contributed by atoms with E-state index in [0.717, 1.165) is 6.07 Å². The fourth-order valence-corrected chi connectivity index (χ4v) is 3.42. The van der Waals surface area contributed by atoms with Gasteiger partial charge in [-0.15, -0.1) is 0 Å². The van der Waals surface area contributed by atoms with E-state index in [4.69, 9.17) is 4.74 Å². The Hall–Kier alpha value is -1.98. The lowest BCUT2D eigenvalue weighted by atomic mass is 10.2. The Morgan fingerprint density at radius 2 is 1.85 bits per heavy atom. The number of benzene rings is 1. The van der Waals surface area contributed by atoms with Crippen LogP contribution in [0.1, 0.15) is 31.1 Å². The SMILES string of the molecule is CCOC(=O)NC(=O)COC(=O)c1cc(S(=O)(=O)NC(C)C)ccc1Br. The van der Waals surface area contributed by atoms with E-state index in [2.05, 4.69) is 25.4 Å². The van der Waals surface area contributed by atoms with Crippen LogP contribution in [0.15, 0.2) is 27.6 Å². The first kappa shape index (κ1) is 22.1. The Morgan fingerprint density at radius 1 is 1.19 bits per heavy atom. The molecule has 2 amide bonds. The summed E-state index contributed by atoms with van der Waals surface area (Å²) in [6.07, 6.45) is -0.956. The third kappa shape index (κ3) is 6.73. The second-order valence-electron chi connectivity index (χ2n) is 5.26. The molecule has 0 saturated carbocycles. The van der Waals surface area contributed by atoms with Gasteiger partial charge in [0.05, 0.1) is 17.1 Å². The normalized spacial score (nSPS) is 11.1. The van der Waals surface area contributed by atoms with Gasteiger partial charge in [0.15, 0.2) is 6.61 Å². The number of alkyl carbamates (subject to hydrolysis) is 1. The van der Waals surface area contributed by atoms with Crippen molar-refractivity contribution in [2.24, 2.45) is 0 Å². The van der Waals surface area contributed by atoms with Gasteiger partial charge in [-0.1, -0.05) is 0 Å². The summed E-state index contributed by atoms with van der Waals surface area (Å²) in [4.78, 5) is 34.6. The Balaban J connectivity index is 2.85. The van der Waals surface area contributed by atoms with Crippen molar-refractivity contribution in [1.82, 2.24) is 10.0 Å². The highest BCUT2D eigenvalue weighted by molar-refractivity contribution is 9.10. The summed E-state index contributed by atoms with van der Waals surface area (Å²) in [5, 5.41) is 1.86. The molecule has 1 rings (SSSR count). The average molecular weight is 451 g/mol. The lowest BCUT2D eigenvalue weighted by Gasteiger charge is -2.11. The van der Waals surface area contributed by atoms with Crippen molar-refractivity contribution in [3.63, 3.8) is 0 Å². The van der Waals surface area contributed by atoms with E-state index in [1.165, 1.54) is 12.1 Å². The first-order valence-electron chi connectivity index (χ1n) is 7.52. The van der Waals surface area contributed by atoms with Crippen LogP contribution < -0.4 is 10.0 Å². The van der Waals surface area contributed by atoms with Crippen molar-refractivity contribution < 1.29 is 32.3 Å². The van der Waals surface area contributed by atoms with Crippen LogP contribution >= 0.6 is 15.9 Å². The predicted molar refractivity (Wildman–Crippen MR) is 95.0 cm³/mol. The number of imide groups is 1. The molecule has 0 unspecified atom stereocenters. The monoisotopic (exact) mass is 450 g/mol.